The number of imidazole rings is 1. The Kier molecular flexibility index (Phi) is 5.77. The van der Waals surface area contributed by atoms with Gasteiger partial charge in [0, 0.05) is 29.7 Å². The second-order valence-electron chi connectivity index (χ2n) is 9.00. The van der Waals surface area contributed by atoms with Crippen molar-refractivity contribution < 1.29 is 9.90 Å². The van der Waals surface area contributed by atoms with Crippen LogP contribution in [-0.2, 0) is 24.9 Å². The van der Waals surface area contributed by atoms with E-state index in [1.54, 1.807) is 21.3 Å². The van der Waals surface area contributed by atoms with Gasteiger partial charge in [-0.15, -0.1) is 0 Å². The molecule has 5 rings (SSSR count). The number of carboxylic acids is 1. The topological polar surface area (TPSA) is 69.2 Å². The van der Waals surface area contributed by atoms with Crippen molar-refractivity contribution in [2.75, 3.05) is 0 Å². The van der Waals surface area contributed by atoms with E-state index >= 15 is 0 Å². The highest BCUT2D eigenvalue weighted by molar-refractivity contribution is 6.31. The van der Waals surface area contributed by atoms with E-state index in [1.807, 2.05) is 61.6 Å². The lowest BCUT2D eigenvalue weighted by Gasteiger charge is -2.13. The normalized spacial score (nSPS) is 12.5. The summed E-state index contributed by atoms with van der Waals surface area (Å²) in [6, 6.07) is 20.4. The summed E-state index contributed by atoms with van der Waals surface area (Å²) in [5, 5.41) is 11.6. The molecule has 178 valence electrons. The average molecular weight is 488 g/mol. The summed E-state index contributed by atoms with van der Waals surface area (Å²) in [6.45, 7) is 4.51. The smallest absolute Gasteiger partial charge is 0.329 e. The van der Waals surface area contributed by atoms with Crippen LogP contribution in [0.2, 0.25) is 5.02 Å². The molecule has 1 N–H and O–H groups in total. The van der Waals surface area contributed by atoms with E-state index in [4.69, 9.17) is 11.6 Å². The van der Waals surface area contributed by atoms with Crippen LogP contribution in [0.5, 0.6) is 0 Å². The average Bonchev–Trinajstić information content (AvgIpc) is 3.23. The summed E-state index contributed by atoms with van der Waals surface area (Å²) in [5.74, 6) is -1.81. The molecule has 0 saturated carbocycles. The maximum atomic E-state index is 13.8. The van der Waals surface area contributed by atoms with Crippen LogP contribution < -0.4 is 5.69 Å². The molecular weight excluding hydrogens is 462 g/mol. The molecule has 5 aromatic rings. The fraction of sp³-hybridized carbons (Fsp3) is 0.214. The van der Waals surface area contributed by atoms with Crippen molar-refractivity contribution in [2.45, 2.75) is 32.9 Å². The van der Waals surface area contributed by atoms with Crippen LogP contribution in [0.1, 0.15) is 28.3 Å². The number of benzene rings is 3. The molecule has 0 fully saturated rings. The highest BCUT2D eigenvalue weighted by atomic mass is 35.5. The van der Waals surface area contributed by atoms with E-state index in [-0.39, 0.29) is 12.2 Å². The van der Waals surface area contributed by atoms with E-state index in [0.29, 0.717) is 22.6 Å². The van der Waals surface area contributed by atoms with Crippen molar-refractivity contribution in [3.8, 4) is 0 Å². The number of carboxylic acid groups (broad SMARTS) is 1. The Balaban J connectivity index is 1.67. The lowest BCUT2D eigenvalue weighted by atomic mass is 9.99. The zero-order chi connectivity index (χ0) is 24.9. The molecule has 0 aliphatic heterocycles. The van der Waals surface area contributed by atoms with Gasteiger partial charge in [0.25, 0.3) is 0 Å². The number of nitrogens with zero attached hydrogens (tertiary/aromatic N) is 3. The van der Waals surface area contributed by atoms with E-state index in [0.717, 1.165) is 33.2 Å². The summed E-state index contributed by atoms with van der Waals surface area (Å²) in [7, 11) is 2.02. The first kappa shape index (κ1) is 23.0. The Morgan fingerprint density at radius 3 is 2.26 bits per heavy atom. The largest absolute Gasteiger partial charge is 0.481 e. The Labute approximate surface area is 207 Å². The van der Waals surface area contributed by atoms with Crippen molar-refractivity contribution in [2.24, 2.45) is 7.05 Å². The maximum Gasteiger partial charge on any atom is 0.329 e. The van der Waals surface area contributed by atoms with Gasteiger partial charge in [0.2, 0.25) is 0 Å². The Hall–Kier alpha value is -3.77. The molecule has 2 heterocycles. The van der Waals surface area contributed by atoms with Gasteiger partial charge in [-0.3, -0.25) is 13.9 Å². The van der Waals surface area contributed by atoms with E-state index in [9.17, 15) is 14.7 Å². The van der Waals surface area contributed by atoms with Gasteiger partial charge in [-0.05, 0) is 54.8 Å². The van der Waals surface area contributed by atoms with Crippen molar-refractivity contribution >= 4 is 39.5 Å². The lowest BCUT2D eigenvalue weighted by molar-refractivity contribution is -0.139. The first-order valence-corrected chi connectivity index (χ1v) is 11.9. The van der Waals surface area contributed by atoms with Gasteiger partial charge in [0.05, 0.1) is 29.0 Å². The highest BCUT2D eigenvalue weighted by Gasteiger charge is 2.24. The zero-order valence-electron chi connectivity index (χ0n) is 19.8. The molecule has 6 nitrogen and oxygen atoms in total. The van der Waals surface area contributed by atoms with Crippen LogP contribution >= 0.6 is 11.6 Å². The molecule has 0 amide bonds. The number of hydrogen-bond donors (Lipinski definition) is 1. The van der Waals surface area contributed by atoms with Crippen molar-refractivity contribution in [3.05, 3.63) is 105 Å². The molecule has 0 aliphatic rings. The third-order valence-electron chi connectivity index (χ3n) is 7.06. The molecule has 0 radical (unpaired) electrons. The van der Waals surface area contributed by atoms with Gasteiger partial charge in [-0.2, -0.15) is 0 Å². The van der Waals surface area contributed by atoms with Gasteiger partial charge in [0.1, 0.15) is 0 Å². The SMILES string of the molecule is Cc1c(C)n(C)c2c(Cn3c(=O)n(CC(C(=O)O)c4ccccc4)c4ccccc43)cc(Cl)cc12. The summed E-state index contributed by atoms with van der Waals surface area (Å²) in [4.78, 5) is 25.9. The number of halogens is 1. The fourth-order valence-electron chi connectivity index (χ4n) is 5.04. The first-order valence-electron chi connectivity index (χ1n) is 11.5. The number of hydrogen-bond acceptors (Lipinski definition) is 2. The van der Waals surface area contributed by atoms with Crippen molar-refractivity contribution in [1.29, 1.82) is 0 Å². The van der Waals surface area contributed by atoms with Crippen LogP contribution in [0, 0.1) is 13.8 Å². The molecule has 2 aromatic heterocycles. The number of aryl methyl sites for hydroxylation is 2. The third kappa shape index (κ3) is 3.84. The molecule has 3 aromatic carbocycles. The molecule has 0 saturated heterocycles. The summed E-state index contributed by atoms with van der Waals surface area (Å²) >= 11 is 6.49. The minimum Gasteiger partial charge on any atom is -0.481 e. The number of para-hydroxylation sites is 2. The Morgan fingerprint density at radius 1 is 0.971 bits per heavy atom. The Bertz CT molecular complexity index is 1640. The fourth-order valence-corrected chi connectivity index (χ4v) is 5.28. The lowest BCUT2D eigenvalue weighted by Crippen LogP contribution is -2.29. The second-order valence-corrected chi connectivity index (χ2v) is 9.44. The zero-order valence-corrected chi connectivity index (χ0v) is 20.6. The van der Waals surface area contributed by atoms with E-state index in [1.165, 1.54) is 0 Å². The highest BCUT2D eigenvalue weighted by Crippen LogP contribution is 2.31. The van der Waals surface area contributed by atoms with Crippen molar-refractivity contribution in [3.63, 3.8) is 0 Å². The number of aliphatic carboxylic acids is 1. The third-order valence-corrected chi connectivity index (χ3v) is 7.28. The number of rotatable bonds is 6. The van der Waals surface area contributed by atoms with Gasteiger partial charge in [-0.1, -0.05) is 54.1 Å². The summed E-state index contributed by atoms with van der Waals surface area (Å²) in [6.07, 6.45) is 0. The predicted molar refractivity (Wildman–Crippen MR) is 140 cm³/mol. The number of carbonyl (C=O) groups is 1. The molecule has 0 aliphatic carbocycles. The van der Waals surface area contributed by atoms with Crippen LogP contribution in [0.3, 0.4) is 0 Å². The van der Waals surface area contributed by atoms with Crippen molar-refractivity contribution in [1.82, 2.24) is 13.7 Å². The van der Waals surface area contributed by atoms with Crippen LogP contribution in [0.4, 0.5) is 0 Å². The molecule has 0 spiro atoms. The Morgan fingerprint density at radius 2 is 1.60 bits per heavy atom. The van der Waals surface area contributed by atoms with Crippen LogP contribution in [-0.4, -0.2) is 24.8 Å². The van der Waals surface area contributed by atoms with Gasteiger partial charge >= 0.3 is 11.7 Å². The minimum absolute atomic E-state index is 0.0407. The van der Waals surface area contributed by atoms with Crippen LogP contribution in [0.15, 0.2) is 71.5 Å². The van der Waals surface area contributed by atoms with E-state index in [2.05, 4.69) is 18.4 Å². The molecule has 1 unspecified atom stereocenters. The summed E-state index contributed by atoms with van der Waals surface area (Å²) < 4.78 is 5.42. The molecular formula is C28H26ClN3O3. The first-order chi connectivity index (χ1) is 16.8. The van der Waals surface area contributed by atoms with Crippen LogP contribution in [0.25, 0.3) is 21.9 Å². The standard InChI is InChI=1S/C28H26ClN3O3/c1-17-18(2)30(3)26-20(13-21(29)14-22(17)26)15-31-24-11-7-8-12-25(24)32(28(31)35)16-23(27(33)34)19-9-5-4-6-10-19/h4-14,23H,15-16H2,1-3H3,(H,33,34). The molecule has 1 atom stereocenters. The van der Waals surface area contributed by atoms with Gasteiger partial charge in [-0.25, -0.2) is 4.79 Å². The molecule has 35 heavy (non-hydrogen) atoms. The van der Waals surface area contributed by atoms with Gasteiger partial charge in [0.15, 0.2) is 0 Å². The second kappa shape index (κ2) is 8.78. The van der Waals surface area contributed by atoms with E-state index < -0.39 is 11.9 Å². The number of fused-ring (bicyclic) bond motifs is 2. The number of aromatic nitrogens is 3. The molecule has 7 heteroatoms. The molecule has 0 bridgehead atoms. The quantitative estimate of drug-likeness (QED) is 0.344. The summed E-state index contributed by atoms with van der Waals surface area (Å²) in [5.41, 5.74) is 6.16. The monoisotopic (exact) mass is 487 g/mol. The minimum atomic E-state index is -0.966. The van der Waals surface area contributed by atoms with Gasteiger partial charge < -0.3 is 9.67 Å². The predicted octanol–water partition coefficient (Wildman–Crippen LogP) is 5.48. The maximum absolute atomic E-state index is 13.8.